The van der Waals surface area contributed by atoms with Crippen LogP contribution in [0.25, 0.3) is 16.9 Å². The van der Waals surface area contributed by atoms with Crippen LogP contribution in [0.4, 0.5) is 10.8 Å². The Morgan fingerprint density at radius 2 is 1.74 bits per heavy atom. The van der Waals surface area contributed by atoms with E-state index in [2.05, 4.69) is 4.98 Å². The summed E-state index contributed by atoms with van der Waals surface area (Å²) in [6.45, 7) is 5.94. The number of thiazole rings is 1. The maximum absolute atomic E-state index is 13.9. The zero-order valence-corrected chi connectivity index (χ0v) is 19.8. The molecule has 34 heavy (non-hydrogen) atoms. The molecule has 0 radical (unpaired) electrons. The highest BCUT2D eigenvalue weighted by atomic mass is 32.1. The van der Waals surface area contributed by atoms with E-state index in [0.29, 0.717) is 16.5 Å². The molecule has 0 saturated carbocycles. The first-order valence-electron chi connectivity index (χ1n) is 10.8. The summed E-state index contributed by atoms with van der Waals surface area (Å²) in [6, 6.07) is 19.2. The number of carbonyl (C=O) groups is 1. The third-order valence-electron chi connectivity index (χ3n) is 5.68. The molecule has 0 aliphatic rings. The van der Waals surface area contributed by atoms with E-state index in [1.54, 1.807) is 24.4 Å². The van der Waals surface area contributed by atoms with Gasteiger partial charge in [-0.3, -0.25) is 18.9 Å². The zero-order chi connectivity index (χ0) is 23.8. The number of pyridine rings is 1. The van der Waals surface area contributed by atoms with Crippen molar-refractivity contribution in [1.29, 1.82) is 0 Å². The fourth-order valence-electron chi connectivity index (χ4n) is 3.78. The molecule has 5 rings (SSSR count). The Bertz CT molecular complexity index is 1580. The van der Waals surface area contributed by atoms with E-state index in [1.165, 1.54) is 26.8 Å². The van der Waals surface area contributed by atoms with E-state index in [9.17, 15) is 9.59 Å². The molecule has 7 heteroatoms. The molecular weight excluding hydrogens is 444 g/mol. The summed E-state index contributed by atoms with van der Waals surface area (Å²) < 4.78 is 1.38. The molecule has 0 saturated heterocycles. The lowest BCUT2D eigenvalue weighted by Gasteiger charge is -2.22. The van der Waals surface area contributed by atoms with Crippen molar-refractivity contribution >= 4 is 33.7 Å². The SMILES string of the molecule is Cc1ccc(-c2csc(N(C(=O)c3cnc4ccccn4c3=O)c3cc(C)ccc3C)n2)cc1. The number of nitrogens with zero attached hydrogens (tertiary/aromatic N) is 4. The topological polar surface area (TPSA) is 67.6 Å². The second-order valence-corrected chi connectivity index (χ2v) is 9.05. The maximum Gasteiger partial charge on any atom is 0.271 e. The number of amides is 1. The van der Waals surface area contributed by atoms with Crippen LogP contribution in [-0.2, 0) is 0 Å². The first kappa shape index (κ1) is 21.7. The number of aromatic nitrogens is 3. The van der Waals surface area contributed by atoms with Crippen molar-refractivity contribution in [3.05, 3.63) is 111 Å². The minimum absolute atomic E-state index is 0.0170. The van der Waals surface area contributed by atoms with E-state index in [0.717, 1.165) is 27.9 Å². The van der Waals surface area contributed by atoms with Crippen molar-refractivity contribution in [3.63, 3.8) is 0 Å². The lowest BCUT2D eigenvalue weighted by molar-refractivity contribution is 0.0997. The summed E-state index contributed by atoms with van der Waals surface area (Å²) in [7, 11) is 0. The van der Waals surface area contributed by atoms with Gasteiger partial charge in [0.25, 0.3) is 11.5 Å². The third kappa shape index (κ3) is 3.91. The summed E-state index contributed by atoms with van der Waals surface area (Å²) >= 11 is 1.36. The van der Waals surface area contributed by atoms with Crippen LogP contribution in [0.5, 0.6) is 0 Å². The van der Waals surface area contributed by atoms with Crippen LogP contribution in [-0.4, -0.2) is 20.3 Å². The summed E-state index contributed by atoms with van der Waals surface area (Å²) in [4.78, 5) is 37.8. The van der Waals surface area contributed by atoms with Gasteiger partial charge in [0.2, 0.25) is 0 Å². The highest BCUT2D eigenvalue weighted by Crippen LogP contribution is 2.35. The van der Waals surface area contributed by atoms with Gasteiger partial charge in [0.15, 0.2) is 5.13 Å². The Kier molecular flexibility index (Phi) is 5.55. The van der Waals surface area contributed by atoms with Crippen LogP contribution in [0.3, 0.4) is 0 Å². The molecular formula is C27H22N4O2S. The average molecular weight is 467 g/mol. The zero-order valence-electron chi connectivity index (χ0n) is 19.0. The number of fused-ring (bicyclic) bond motifs is 1. The molecule has 2 aromatic carbocycles. The largest absolute Gasteiger partial charge is 0.271 e. The standard InChI is InChI=1S/C27H22N4O2S/c1-17-8-11-20(12-9-17)22-16-34-27(29-22)31(23-14-18(2)7-10-19(23)3)26(33)21-15-28-24-6-4-5-13-30(24)25(21)32/h4-16H,1-3H3. The Balaban J connectivity index is 1.66. The van der Waals surface area contributed by atoms with Crippen LogP contribution >= 0.6 is 11.3 Å². The van der Waals surface area contributed by atoms with Gasteiger partial charge in [-0.15, -0.1) is 11.3 Å². The fourth-order valence-corrected chi connectivity index (χ4v) is 4.62. The lowest BCUT2D eigenvalue weighted by Crippen LogP contribution is -2.33. The molecule has 3 aromatic heterocycles. The number of hydrogen-bond donors (Lipinski definition) is 0. The van der Waals surface area contributed by atoms with Crippen LogP contribution < -0.4 is 10.5 Å². The van der Waals surface area contributed by atoms with Gasteiger partial charge in [-0.2, -0.15) is 0 Å². The highest BCUT2D eigenvalue weighted by Gasteiger charge is 2.27. The third-order valence-corrected chi connectivity index (χ3v) is 6.51. The summed E-state index contributed by atoms with van der Waals surface area (Å²) in [5.41, 5.74) is 5.55. The Hall–Kier alpha value is -4.10. The number of carbonyl (C=O) groups excluding carboxylic acids is 1. The van der Waals surface area contributed by atoms with Gasteiger partial charge < -0.3 is 0 Å². The Morgan fingerprint density at radius 1 is 0.971 bits per heavy atom. The van der Waals surface area contributed by atoms with Crippen molar-refractivity contribution in [3.8, 4) is 11.3 Å². The smallest absolute Gasteiger partial charge is 0.268 e. The molecule has 0 aliphatic carbocycles. The molecule has 0 aliphatic heterocycles. The van der Waals surface area contributed by atoms with Gasteiger partial charge in [-0.1, -0.05) is 48.0 Å². The second kappa shape index (κ2) is 8.68. The van der Waals surface area contributed by atoms with Crippen LogP contribution in [0.15, 0.2) is 83.2 Å². The molecule has 1 amide bonds. The van der Waals surface area contributed by atoms with Gasteiger partial charge >= 0.3 is 0 Å². The molecule has 0 bridgehead atoms. The Morgan fingerprint density at radius 3 is 2.53 bits per heavy atom. The van der Waals surface area contributed by atoms with Crippen molar-refractivity contribution in [2.45, 2.75) is 20.8 Å². The second-order valence-electron chi connectivity index (χ2n) is 8.22. The molecule has 168 valence electrons. The average Bonchev–Trinajstić information content (AvgIpc) is 3.32. The first-order chi connectivity index (χ1) is 16.4. The van der Waals surface area contributed by atoms with Gasteiger partial charge in [-0.05, 0) is 50.1 Å². The minimum Gasteiger partial charge on any atom is -0.268 e. The predicted molar refractivity (Wildman–Crippen MR) is 136 cm³/mol. The number of aryl methyl sites for hydroxylation is 3. The normalized spacial score (nSPS) is 11.0. The summed E-state index contributed by atoms with van der Waals surface area (Å²) in [5, 5.41) is 2.42. The van der Waals surface area contributed by atoms with E-state index >= 15 is 0 Å². The van der Waals surface area contributed by atoms with Crippen LogP contribution in [0, 0.1) is 20.8 Å². The molecule has 5 aromatic rings. The van der Waals surface area contributed by atoms with Gasteiger partial charge in [0.05, 0.1) is 11.4 Å². The van der Waals surface area contributed by atoms with E-state index < -0.39 is 11.5 Å². The lowest BCUT2D eigenvalue weighted by atomic mass is 10.1. The quantitative estimate of drug-likeness (QED) is 0.340. The maximum atomic E-state index is 13.9. The molecule has 0 atom stereocenters. The van der Waals surface area contributed by atoms with Gasteiger partial charge in [-0.25, -0.2) is 9.97 Å². The van der Waals surface area contributed by atoms with Crippen LogP contribution in [0.1, 0.15) is 27.0 Å². The van der Waals surface area contributed by atoms with Gasteiger partial charge in [0.1, 0.15) is 11.2 Å². The summed E-state index contributed by atoms with van der Waals surface area (Å²) in [5.74, 6) is -0.464. The van der Waals surface area contributed by atoms with E-state index in [-0.39, 0.29) is 5.56 Å². The molecule has 3 heterocycles. The number of benzene rings is 2. The Labute approximate surface area is 200 Å². The molecule has 6 nitrogen and oxygen atoms in total. The molecule has 0 unspecified atom stereocenters. The number of anilines is 2. The van der Waals surface area contributed by atoms with E-state index in [1.807, 2.05) is 68.6 Å². The number of rotatable bonds is 4. The minimum atomic E-state index is -0.464. The summed E-state index contributed by atoms with van der Waals surface area (Å²) in [6.07, 6.45) is 2.97. The monoisotopic (exact) mass is 466 g/mol. The highest BCUT2D eigenvalue weighted by molar-refractivity contribution is 7.14. The van der Waals surface area contributed by atoms with E-state index in [4.69, 9.17) is 4.98 Å². The van der Waals surface area contributed by atoms with Crippen molar-refractivity contribution in [1.82, 2.24) is 14.4 Å². The van der Waals surface area contributed by atoms with Crippen molar-refractivity contribution < 1.29 is 4.79 Å². The van der Waals surface area contributed by atoms with Crippen molar-refractivity contribution in [2.24, 2.45) is 0 Å². The molecule has 0 spiro atoms. The molecule has 0 N–H and O–H groups in total. The van der Waals surface area contributed by atoms with Gasteiger partial charge in [0, 0.05) is 23.3 Å². The van der Waals surface area contributed by atoms with Crippen molar-refractivity contribution in [2.75, 3.05) is 4.90 Å². The molecule has 0 fully saturated rings. The number of hydrogen-bond acceptors (Lipinski definition) is 5. The predicted octanol–water partition coefficient (Wildman–Crippen LogP) is 5.72. The first-order valence-corrected chi connectivity index (χ1v) is 11.7. The van der Waals surface area contributed by atoms with Crippen LogP contribution in [0.2, 0.25) is 0 Å². The fraction of sp³-hybridized carbons (Fsp3) is 0.111.